The van der Waals surface area contributed by atoms with E-state index in [1.165, 1.54) is 15.9 Å². The van der Waals surface area contributed by atoms with Crippen molar-refractivity contribution in [3.8, 4) is 0 Å². The van der Waals surface area contributed by atoms with Crippen molar-refractivity contribution < 1.29 is 14.7 Å². The molecule has 0 aromatic heterocycles. The first-order chi connectivity index (χ1) is 12.9. The van der Waals surface area contributed by atoms with Gasteiger partial charge in [0.15, 0.2) is 0 Å². The average molecular weight is 420 g/mol. The molecule has 0 saturated carbocycles. The number of amides is 1. The highest BCUT2D eigenvalue weighted by Crippen LogP contribution is 2.51. The van der Waals surface area contributed by atoms with Crippen molar-refractivity contribution in [2.24, 2.45) is 0 Å². The number of hydrogen-bond acceptors (Lipinski definition) is 2. The Morgan fingerprint density at radius 1 is 0.857 bits per heavy atom. The van der Waals surface area contributed by atoms with Gasteiger partial charge in [-0.3, -0.25) is 4.79 Å². The molecular weight excluding hydrogens is 390 g/mol. The van der Waals surface area contributed by atoms with Crippen molar-refractivity contribution in [2.75, 3.05) is 42.9 Å². The van der Waals surface area contributed by atoms with Gasteiger partial charge < -0.3 is 10.4 Å². The second-order valence-corrected chi connectivity index (χ2v) is 16.4. The van der Waals surface area contributed by atoms with Gasteiger partial charge in [0.25, 0.3) is 5.91 Å². The third-order valence-electron chi connectivity index (χ3n) is 4.14. The van der Waals surface area contributed by atoms with Crippen molar-refractivity contribution in [1.29, 1.82) is 0 Å². The summed E-state index contributed by atoms with van der Waals surface area (Å²) in [7, 11) is -1.91. The van der Waals surface area contributed by atoms with E-state index in [1.54, 1.807) is 24.3 Å². The van der Waals surface area contributed by atoms with Crippen molar-refractivity contribution in [3.63, 3.8) is 0 Å². The zero-order chi connectivity index (χ0) is 21.1. The van der Waals surface area contributed by atoms with Gasteiger partial charge in [-0.25, -0.2) is 24.9 Å². The predicted octanol–water partition coefficient (Wildman–Crippen LogP) is 5.14. The van der Waals surface area contributed by atoms with Gasteiger partial charge in [-0.15, -0.1) is 0 Å². The molecule has 0 heterocycles. The Hall–Kier alpha value is -2.18. The van der Waals surface area contributed by atoms with Crippen LogP contribution >= 0.6 is 20.1 Å². The summed E-state index contributed by atoms with van der Waals surface area (Å²) in [4.78, 5) is 25.9. The maximum absolute atomic E-state index is 12.9. The summed E-state index contributed by atoms with van der Waals surface area (Å²) in [6, 6.07) is 13.4. The van der Waals surface area contributed by atoms with Gasteiger partial charge in [0, 0.05) is 17.3 Å². The Kier molecular flexibility index (Phi) is 6.67. The SMILES string of the molecule is CS(C)(C)c1cc(C(=O)Nc2ccc(/C=C/C(=O)O)cc2)cc(S(C)(C)C)c1. The Labute approximate surface area is 170 Å². The van der Waals surface area contributed by atoms with Crippen LogP contribution in [0.15, 0.2) is 58.3 Å². The lowest BCUT2D eigenvalue weighted by atomic mass is 10.1. The molecule has 152 valence electrons. The quantitative estimate of drug-likeness (QED) is 0.637. The summed E-state index contributed by atoms with van der Waals surface area (Å²) in [5.41, 5.74) is 2.11. The van der Waals surface area contributed by atoms with Crippen LogP contribution in [0.2, 0.25) is 0 Å². The maximum Gasteiger partial charge on any atom is 0.328 e. The smallest absolute Gasteiger partial charge is 0.328 e. The molecule has 1 amide bonds. The first-order valence-corrected chi connectivity index (χ1v) is 14.4. The van der Waals surface area contributed by atoms with Crippen LogP contribution in [0.1, 0.15) is 15.9 Å². The van der Waals surface area contributed by atoms with E-state index in [-0.39, 0.29) is 5.91 Å². The number of benzene rings is 2. The highest BCUT2D eigenvalue weighted by Gasteiger charge is 2.18. The van der Waals surface area contributed by atoms with E-state index < -0.39 is 26.0 Å². The minimum atomic E-state index is -0.991. The van der Waals surface area contributed by atoms with Gasteiger partial charge >= 0.3 is 5.97 Å². The first kappa shape index (κ1) is 22.1. The second kappa shape index (κ2) is 8.45. The maximum atomic E-state index is 12.9. The third kappa shape index (κ3) is 6.17. The molecule has 0 atom stereocenters. The van der Waals surface area contributed by atoms with Crippen LogP contribution in [0.4, 0.5) is 5.69 Å². The van der Waals surface area contributed by atoms with Crippen LogP contribution in [0, 0.1) is 0 Å². The van der Waals surface area contributed by atoms with Crippen molar-refractivity contribution in [2.45, 2.75) is 9.79 Å². The molecule has 2 aromatic carbocycles. The van der Waals surface area contributed by atoms with Crippen LogP contribution in [-0.2, 0) is 4.79 Å². The lowest BCUT2D eigenvalue weighted by Gasteiger charge is -2.31. The van der Waals surface area contributed by atoms with E-state index in [2.05, 4.69) is 48.9 Å². The molecule has 28 heavy (non-hydrogen) atoms. The Morgan fingerprint density at radius 3 is 1.79 bits per heavy atom. The molecule has 6 heteroatoms. The Morgan fingerprint density at radius 2 is 1.36 bits per heavy atom. The average Bonchev–Trinajstić information content (AvgIpc) is 2.59. The largest absolute Gasteiger partial charge is 0.478 e. The monoisotopic (exact) mass is 419 g/mol. The van der Waals surface area contributed by atoms with E-state index in [0.29, 0.717) is 11.3 Å². The molecule has 0 spiro atoms. The van der Waals surface area contributed by atoms with E-state index in [1.807, 2.05) is 12.1 Å². The molecule has 0 aliphatic carbocycles. The lowest BCUT2D eigenvalue weighted by Crippen LogP contribution is -2.13. The summed E-state index contributed by atoms with van der Waals surface area (Å²) in [5, 5.41) is 11.6. The molecule has 2 N–H and O–H groups in total. The highest BCUT2D eigenvalue weighted by atomic mass is 32.3. The van der Waals surface area contributed by atoms with Gasteiger partial charge in [0.1, 0.15) is 0 Å². The molecule has 2 rings (SSSR count). The number of carboxylic acids is 1. The van der Waals surface area contributed by atoms with Crippen molar-refractivity contribution in [3.05, 3.63) is 59.7 Å². The van der Waals surface area contributed by atoms with Gasteiger partial charge in [0.2, 0.25) is 0 Å². The standard InChI is InChI=1S/C22H29NO3S2/c1-27(2,3)19-13-17(14-20(15-19)28(4,5)6)22(26)23-18-10-7-16(8-11-18)9-12-21(24)25/h7-15H,1-6H3,(H,23,26)(H,24,25)/b12-9+. The lowest BCUT2D eigenvalue weighted by molar-refractivity contribution is -0.131. The number of carbonyl (C=O) groups excluding carboxylic acids is 1. The van der Waals surface area contributed by atoms with Gasteiger partial charge in [-0.05, 0) is 89.3 Å². The summed E-state index contributed by atoms with van der Waals surface area (Å²) >= 11 is 0. The molecule has 0 saturated heterocycles. The van der Waals surface area contributed by atoms with Crippen molar-refractivity contribution in [1.82, 2.24) is 0 Å². The first-order valence-electron chi connectivity index (χ1n) is 8.70. The molecule has 0 radical (unpaired) electrons. The summed E-state index contributed by atoms with van der Waals surface area (Å²) in [5.74, 6) is -1.13. The fourth-order valence-electron chi connectivity index (χ4n) is 2.46. The number of aliphatic carboxylic acids is 1. The summed E-state index contributed by atoms with van der Waals surface area (Å²) in [6.45, 7) is 0. The van der Waals surface area contributed by atoms with Crippen LogP contribution in [0.5, 0.6) is 0 Å². The number of anilines is 1. The van der Waals surface area contributed by atoms with E-state index in [9.17, 15) is 9.59 Å². The molecule has 0 unspecified atom stereocenters. The fraction of sp³-hybridized carbons (Fsp3) is 0.273. The zero-order valence-electron chi connectivity index (χ0n) is 17.3. The van der Waals surface area contributed by atoms with Gasteiger partial charge in [-0.1, -0.05) is 12.1 Å². The predicted molar refractivity (Wildman–Crippen MR) is 125 cm³/mol. The number of rotatable bonds is 6. The fourth-order valence-corrected chi connectivity index (χ4v) is 4.45. The van der Waals surface area contributed by atoms with E-state index >= 15 is 0 Å². The number of carbonyl (C=O) groups is 2. The molecule has 0 bridgehead atoms. The molecule has 0 fully saturated rings. The minimum Gasteiger partial charge on any atom is -0.478 e. The van der Waals surface area contributed by atoms with Gasteiger partial charge in [0.05, 0.1) is 0 Å². The van der Waals surface area contributed by atoms with Crippen LogP contribution in [-0.4, -0.2) is 54.5 Å². The molecule has 0 aliphatic heterocycles. The van der Waals surface area contributed by atoms with Gasteiger partial charge in [-0.2, -0.15) is 0 Å². The number of carboxylic acid groups (broad SMARTS) is 1. The minimum absolute atomic E-state index is 0.135. The topological polar surface area (TPSA) is 66.4 Å². The third-order valence-corrected chi connectivity index (χ3v) is 7.44. The molecule has 2 aromatic rings. The Bertz CT molecular complexity index is 873. The molecule has 4 nitrogen and oxygen atoms in total. The number of nitrogens with one attached hydrogen (secondary N) is 1. The summed E-state index contributed by atoms with van der Waals surface area (Å²) in [6.07, 6.45) is 16.0. The summed E-state index contributed by atoms with van der Waals surface area (Å²) < 4.78 is 0. The van der Waals surface area contributed by atoms with Crippen LogP contribution in [0.3, 0.4) is 0 Å². The van der Waals surface area contributed by atoms with E-state index in [4.69, 9.17) is 5.11 Å². The Balaban J connectivity index is 2.29. The van der Waals surface area contributed by atoms with Crippen LogP contribution < -0.4 is 5.32 Å². The van der Waals surface area contributed by atoms with Crippen LogP contribution in [0.25, 0.3) is 6.08 Å². The molecular formula is C22H29NO3S2. The second-order valence-electron chi connectivity index (χ2n) is 8.12. The number of hydrogen-bond donors (Lipinski definition) is 2. The molecule has 0 aliphatic rings. The van der Waals surface area contributed by atoms with Crippen molar-refractivity contribution >= 4 is 43.7 Å². The normalized spacial score (nSPS) is 13.4. The zero-order valence-corrected chi connectivity index (χ0v) is 18.9. The highest BCUT2D eigenvalue weighted by molar-refractivity contribution is 8.32. The van der Waals surface area contributed by atoms with E-state index in [0.717, 1.165) is 11.6 Å².